The average Bonchev–Trinajstić information content (AvgIpc) is 3.05. The molecule has 0 saturated carbocycles. The van der Waals surface area contributed by atoms with E-state index in [0.717, 1.165) is 38.3 Å². The topological polar surface area (TPSA) is 60.4 Å². The van der Waals surface area contributed by atoms with Crippen LogP contribution in [0, 0.1) is 20.8 Å². The van der Waals surface area contributed by atoms with Crippen molar-refractivity contribution >= 4 is 66.4 Å². The lowest BCUT2D eigenvalue weighted by Crippen LogP contribution is -2.23. The summed E-state index contributed by atoms with van der Waals surface area (Å²) < 4.78 is 21.7. The highest BCUT2D eigenvalue weighted by molar-refractivity contribution is 7.93. The van der Waals surface area contributed by atoms with Gasteiger partial charge in [0.2, 0.25) is 12.7 Å². The first-order valence-electron chi connectivity index (χ1n) is 14.8. The van der Waals surface area contributed by atoms with Gasteiger partial charge in [-0.3, -0.25) is 9.59 Å². The van der Waals surface area contributed by atoms with Crippen molar-refractivity contribution in [3.8, 4) is 5.75 Å². The Morgan fingerprint density at radius 1 is 0.800 bits per heavy atom. The van der Waals surface area contributed by atoms with Gasteiger partial charge in [0.05, 0.1) is 21.7 Å². The van der Waals surface area contributed by atoms with Crippen LogP contribution in [0.1, 0.15) is 40.4 Å². The lowest BCUT2D eigenvalue weighted by atomic mass is 10.0. The zero-order valence-electron chi connectivity index (χ0n) is 25.7. The SMILES string of the molecule is CCCOc1ccc(Cl)c2c(=O)c3ccccc3sc12.Cc1cc(C)c(C(=O)P(=O)(c2ccccc2)c2ccccc2)c(C)c1. The van der Waals surface area contributed by atoms with E-state index in [1.54, 1.807) is 41.7 Å². The van der Waals surface area contributed by atoms with Crippen LogP contribution in [-0.2, 0) is 4.57 Å². The fraction of sp³-hybridized carbons (Fsp3) is 0.158. The summed E-state index contributed by atoms with van der Waals surface area (Å²) in [6.45, 7) is 8.50. The van der Waals surface area contributed by atoms with Gasteiger partial charge >= 0.3 is 0 Å². The zero-order valence-corrected chi connectivity index (χ0v) is 28.1. The van der Waals surface area contributed by atoms with Crippen LogP contribution in [-0.4, -0.2) is 12.1 Å². The van der Waals surface area contributed by atoms with Gasteiger partial charge in [0.15, 0.2) is 5.43 Å². The van der Waals surface area contributed by atoms with Gasteiger partial charge in [0.1, 0.15) is 5.75 Å². The third kappa shape index (κ3) is 6.53. The zero-order chi connectivity index (χ0) is 32.1. The van der Waals surface area contributed by atoms with Crippen molar-refractivity contribution in [3.05, 3.63) is 147 Å². The number of benzene rings is 5. The van der Waals surface area contributed by atoms with Crippen LogP contribution in [0.3, 0.4) is 0 Å². The summed E-state index contributed by atoms with van der Waals surface area (Å²) in [4.78, 5) is 26.2. The predicted octanol–water partition coefficient (Wildman–Crippen LogP) is 9.62. The van der Waals surface area contributed by atoms with Crippen LogP contribution < -0.4 is 20.8 Å². The van der Waals surface area contributed by atoms with Crippen molar-refractivity contribution in [2.24, 2.45) is 0 Å². The second-order valence-electron chi connectivity index (χ2n) is 10.9. The van der Waals surface area contributed by atoms with E-state index >= 15 is 0 Å². The molecule has 0 saturated heterocycles. The fourth-order valence-corrected chi connectivity index (χ4v) is 9.59. The summed E-state index contributed by atoms with van der Waals surface area (Å²) >= 11 is 7.77. The number of carbonyl (C=O) groups excluding carboxylic acids is 1. The van der Waals surface area contributed by atoms with Crippen LogP contribution in [0.15, 0.2) is 114 Å². The first kappa shape index (κ1) is 32.4. The Balaban J connectivity index is 0.000000182. The minimum absolute atomic E-state index is 0.0266. The number of aryl methyl sites for hydroxylation is 3. The molecule has 228 valence electrons. The molecule has 0 bridgehead atoms. The van der Waals surface area contributed by atoms with E-state index in [9.17, 15) is 14.2 Å². The van der Waals surface area contributed by atoms with Gasteiger partial charge in [-0.05, 0) is 62.6 Å². The van der Waals surface area contributed by atoms with Crippen molar-refractivity contribution in [1.29, 1.82) is 0 Å². The van der Waals surface area contributed by atoms with E-state index in [-0.39, 0.29) is 11.0 Å². The Morgan fingerprint density at radius 2 is 1.36 bits per heavy atom. The number of carbonyl (C=O) groups is 1. The molecule has 0 radical (unpaired) electrons. The second kappa shape index (κ2) is 14.0. The predicted molar refractivity (Wildman–Crippen MR) is 191 cm³/mol. The molecule has 0 spiro atoms. The van der Waals surface area contributed by atoms with Crippen LogP contribution in [0.5, 0.6) is 5.75 Å². The van der Waals surface area contributed by atoms with E-state index in [4.69, 9.17) is 16.3 Å². The molecule has 7 heteroatoms. The van der Waals surface area contributed by atoms with Gasteiger partial charge in [-0.1, -0.05) is 109 Å². The molecule has 0 aliphatic carbocycles. The number of rotatable bonds is 7. The van der Waals surface area contributed by atoms with Crippen LogP contribution >= 0.6 is 30.1 Å². The highest BCUT2D eigenvalue weighted by atomic mass is 35.5. The number of hydrogen-bond donors (Lipinski definition) is 0. The number of hydrogen-bond acceptors (Lipinski definition) is 5. The molecule has 0 aliphatic rings. The largest absolute Gasteiger partial charge is 0.492 e. The van der Waals surface area contributed by atoms with Crippen molar-refractivity contribution in [3.63, 3.8) is 0 Å². The van der Waals surface area contributed by atoms with E-state index in [1.165, 1.54) is 0 Å². The second-order valence-corrected chi connectivity index (χ2v) is 15.0. The summed E-state index contributed by atoms with van der Waals surface area (Å²) in [7, 11) is -3.44. The molecule has 45 heavy (non-hydrogen) atoms. The van der Waals surface area contributed by atoms with Gasteiger partial charge < -0.3 is 9.30 Å². The van der Waals surface area contributed by atoms with Gasteiger partial charge in [-0.25, -0.2) is 0 Å². The molecule has 0 aliphatic heterocycles. The van der Waals surface area contributed by atoms with Crippen LogP contribution in [0.25, 0.3) is 20.2 Å². The monoisotopic (exact) mass is 652 g/mol. The van der Waals surface area contributed by atoms with E-state index in [2.05, 4.69) is 6.92 Å². The molecular weight excluding hydrogens is 619 g/mol. The minimum Gasteiger partial charge on any atom is -0.492 e. The first-order valence-corrected chi connectivity index (χ1v) is 17.7. The van der Waals surface area contributed by atoms with Crippen molar-refractivity contribution in [1.82, 2.24) is 0 Å². The Labute approximate surface area is 272 Å². The minimum atomic E-state index is -3.44. The molecule has 1 aromatic heterocycles. The Kier molecular flexibility index (Phi) is 10.0. The summed E-state index contributed by atoms with van der Waals surface area (Å²) in [6, 6.07) is 33.3. The summed E-state index contributed by atoms with van der Waals surface area (Å²) in [6.07, 6.45) is 0.923. The Morgan fingerprint density at radius 3 is 1.93 bits per heavy atom. The molecule has 1 heterocycles. The summed E-state index contributed by atoms with van der Waals surface area (Å²) in [5.41, 5.74) is 3.09. The van der Waals surface area contributed by atoms with Gasteiger partial charge in [-0.15, -0.1) is 11.3 Å². The molecule has 0 fully saturated rings. The number of ether oxygens (including phenoxy) is 1. The average molecular weight is 653 g/mol. The van der Waals surface area contributed by atoms with Crippen molar-refractivity contribution in [2.45, 2.75) is 34.1 Å². The highest BCUT2D eigenvalue weighted by Crippen LogP contribution is 2.48. The fourth-order valence-electron chi connectivity index (χ4n) is 5.50. The summed E-state index contributed by atoms with van der Waals surface area (Å²) in [5.74, 6) is 0.735. The van der Waals surface area contributed by atoms with Crippen molar-refractivity contribution < 1.29 is 14.1 Å². The molecule has 0 amide bonds. The first-order chi connectivity index (χ1) is 21.7. The lowest BCUT2D eigenvalue weighted by Gasteiger charge is -2.20. The Bertz CT molecular complexity index is 2040. The van der Waals surface area contributed by atoms with Gasteiger partial charge in [-0.2, -0.15) is 0 Å². The van der Waals surface area contributed by atoms with Crippen molar-refractivity contribution in [2.75, 3.05) is 6.61 Å². The third-order valence-corrected chi connectivity index (χ3v) is 11.9. The number of halogens is 1. The van der Waals surface area contributed by atoms with Gasteiger partial charge in [0, 0.05) is 26.3 Å². The molecule has 0 atom stereocenters. The number of fused-ring (bicyclic) bond motifs is 2. The standard InChI is InChI=1S/C22H21O2P.C16H13ClO2S/c1-16-14-17(2)21(18(3)15-16)22(23)25(24,19-10-6-4-7-11-19)20-12-8-5-9-13-20;1-2-9-19-12-8-7-11(17)14-15(18)10-5-3-4-6-13(10)20-16(12)14/h4-15H,1-3H3;3-8H,2,9H2,1H3. The molecular formula is C38H34ClO4PS. The quantitative estimate of drug-likeness (QED) is 0.127. The lowest BCUT2D eigenvalue weighted by molar-refractivity contribution is 0.107. The molecule has 0 unspecified atom stereocenters. The normalized spacial score (nSPS) is 11.2. The maximum absolute atomic E-state index is 14.2. The van der Waals surface area contributed by atoms with E-state index < -0.39 is 7.14 Å². The highest BCUT2D eigenvalue weighted by Gasteiger charge is 2.37. The van der Waals surface area contributed by atoms with Gasteiger partial charge in [0.25, 0.3) is 0 Å². The third-order valence-electron chi connectivity index (χ3n) is 7.52. The molecule has 0 N–H and O–H groups in total. The Hall–Kier alpha value is -4.02. The van der Waals surface area contributed by atoms with E-state index in [0.29, 0.717) is 38.6 Å². The van der Waals surface area contributed by atoms with Crippen LogP contribution in [0.2, 0.25) is 5.02 Å². The molecule has 4 nitrogen and oxygen atoms in total. The molecule has 6 rings (SSSR count). The maximum atomic E-state index is 14.2. The molecule has 6 aromatic rings. The molecule has 5 aromatic carbocycles. The smallest absolute Gasteiger partial charge is 0.230 e. The van der Waals surface area contributed by atoms with E-state index in [1.807, 2.05) is 99.6 Å². The van der Waals surface area contributed by atoms with Crippen LogP contribution in [0.4, 0.5) is 0 Å². The summed E-state index contributed by atoms with van der Waals surface area (Å²) in [5, 5.41) is 2.90. The maximum Gasteiger partial charge on any atom is 0.230 e.